The van der Waals surface area contributed by atoms with Gasteiger partial charge in [-0.05, 0) is 49.4 Å². The number of allylic oxidation sites excluding steroid dienone is 4. The van der Waals surface area contributed by atoms with Gasteiger partial charge < -0.3 is 26.4 Å². The summed E-state index contributed by atoms with van der Waals surface area (Å²) >= 11 is 0. The van der Waals surface area contributed by atoms with Gasteiger partial charge in [0.2, 0.25) is 5.91 Å². The maximum Gasteiger partial charge on any atom is 0.317 e. The van der Waals surface area contributed by atoms with Crippen LogP contribution >= 0.6 is 0 Å². The van der Waals surface area contributed by atoms with E-state index in [0.29, 0.717) is 52.4 Å². The first-order chi connectivity index (χ1) is 26.8. The number of carboxylic acids is 3. The van der Waals surface area contributed by atoms with Crippen molar-refractivity contribution in [3.63, 3.8) is 0 Å². The van der Waals surface area contributed by atoms with Crippen LogP contribution in [0.3, 0.4) is 0 Å². The topological polar surface area (TPSA) is 218 Å². The number of benzene rings is 2. The number of nitrogens with one attached hydrogen (secondary N) is 2. The van der Waals surface area contributed by atoms with Gasteiger partial charge in [-0.2, -0.15) is 0 Å². The van der Waals surface area contributed by atoms with Crippen LogP contribution in [0.5, 0.6) is 0 Å². The summed E-state index contributed by atoms with van der Waals surface area (Å²) in [7, 11) is 0. The van der Waals surface area contributed by atoms with Crippen LogP contribution in [0, 0.1) is 6.92 Å². The number of carbonyl (C=O) groups is 5. The summed E-state index contributed by atoms with van der Waals surface area (Å²) in [4.78, 5) is 70.1. The number of aryl methyl sites for hydroxylation is 1. The molecule has 0 bridgehead atoms. The fourth-order valence-electron chi connectivity index (χ4n) is 5.68. The van der Waals surface area contributed by atoms with Crippen molar-refractivity contribution in [3.8, 4) is 0 Å². The highest BCUT2D eigenvalue weighted by Crippen LogP contribution is 2.10. The number of hydroxylamine groups is 1. The van der Waals surface area contributed by atoms with Gasteiger partial charge >= 0.3 is 17.9 Å². The van der Waals surface area contributed by atoms with E-state index in [4.69, 9.17) is 10.6 Å². The van der Waals surface area contributed by atoms with Crippen molar-refractivity contribution in [2.24, 2.45) is 5.73 Å². The van der Waals surface area contributed by atoms with E-state index in [1.807, 2.05) is 24.0 Å². The Balaban J connectivity index is 0.000000647. The van der Waals surface area contributed by atoms with Crippen molar-refractivity contribution in [1.82, 2.24) is 30.4 Å². The molecule has 308 valence electrons. The molecule has 3 rings (SSSR count). The molecule has 0 radical (unpaired) electrons. The van der Waals surface area contributed by atoms with Gasteiger partial charge in [0, 0.05) is 58.9 Å². The second kappa shape index (κ2) is 26.8. The molecule has 16 nitrogen and oxygen atoms in total. The van der Waals surface area contributed by atoms with E-state index in [1.165, 1.54) is 16.7 Å². The lowest BCUT2D eigenvalue weighted by Crippen LogP contribution is -2.49. The summed E-state index contributed by atoms with van der Waals surface area (Å²) in [6.07, 6.45) is 7.51. The molecule has 0 aliphatic carbocycles. The van der Waals surface area contributed by atoms with Crippen molar-refractivity contribution in [3.05, 3.63) is 94.6 Å². The Morgan fingerprint density at radius 3 is 1.62 bits per heavy atom. The van der Waals surface area contributed by atoms with E-state index < -0.39 is 23.8 Å². The lowest BCUT2D eigenvalue weighted by molar-refractivity contribution is -0.140. The Kier molecular flexibility index (Phi) is 22.6. The van der Waals surface area contributed by atoms with Gasteiger partial charge in [0.1, 0.15) is 0 Å². The third kappa shape index (κ3) is 21.2. The molecule has 0 unspecified atom stereocenters. The summed E-state index contributed by atoms with van der Waals surface area (Å²) in [6.45, 7) is 8.50. The highest BCUT2D eigenvalue weighted by atomic mass is 16.6. The Morgan fingerprint density at radius 1 is 0.714 bits per heavy atom. The molecule has 0 atom stereocenters. The Morgan fingerprint density at radius 2 is 1.18 bits per heavy atom. The van der Waals surface area contributed by atoms with E-state index in [9.17, 15) is 39.3 Å². The fourth-order valence-corrected chi connectivity index (χ4v) is 5.68. The maximum absolute atomic E-state index is 12.8. The minimum Gasteiger partial charge on any atom is -0.480 e. The molecule has 1 aliphatic heterocycles. The molecule has 2 amide bonds. The van der Waals surface area contributed by atoms with Crippen molar-refractivity contribution in [2.75, 3.05) is 85.1 Å². The largest absolute Gasteiger partial charge is 0.480 e. The highest BCUT2D eigenvalue weighted by Gasteiger charge is 2.21. The zero-order chi connectivity index (χ0) is 41.3. The maximum atomic E-state index is 12.8. The third-order valence-corrected chi connectivity index (χ3v) is 8.83. The fraction of sp³-hybridized carbons (Fsp3) is 0.475. The average Bonchev–Trinajstić information content (AvgIpc) is 3.15. The normalized spacial score (nSPS) is 15.5. The smallest absolute Gasteiger partial charge is 0.317 e. The second-order valence-corrected chi connectivity index (χ2v) is 13.5. The Bertz CT molecular complexity index is 1570. The number of amides is 2. The molecule has 2 aromatic carbocycles. The molecule has 7 N–H and O–H groups in total. The van der Waals surface area contributed by atoms with E-state index in [0.717, 1.165) is 17.5 Å². The minimum atomic E-state index is -1.02. The number of nitrogens with zero attached hydrogens (tertiary/aromatic N) is 4. The van der Waals surface area contributed by atoms with Crippen LogP contribution in [-0.2, 0) is 48.4 Å². The second-order valence-electron chi connectivity index (χ2n) is 13.5. The van der Waals surface area contributed by atoms with E-state index in [-0.39, 0.29) is 51.8 Å². The summed E-state index contributed by atoms with van der Waals surface area (Å²) in [6, 6.07) is 15.8. The number of nitrogens with two attached hydrogens (primary N) is 1. The third-order valence-electron chi connectivity index (χ3n) is 8.83. The van der Waals surface area contributed by atoms with Crippen LogP contribution in [-0.4, -0.2) is 150 Å². The molecule has 1 fully saturated rings. The monoisotopic (exact) mass is 781 g/mol. The van der Waals surface area contributed by atoms with Crippen molar-refractivity contribution < 1.29 is 44.1 Å². The van der Waals surface area contributed by atoms with Crippen LogP contribution in [0.2, 0.25) is 0 Å². The number of hydrogen-bond acceptors (Lipinski definition) is 11. The minimum absolute atomic E-state index is 0.0275. The predicted molar refractivity (Wildman–Crippen MR) is 212 cm³/mol. The van der Waals surface area contributed by atoms with Crippen LogP contribution in [0.15, 0.2) is 72.3 Å². The molecular weight excluding hydrogens is 722 g/mol. The van der Waals surface area contributed by atoms with E-state index in [1.54, 1.807) is 26.8 Å². The first kappa shape index (κ1) is 47.2. The van der Waals surface area contributed by atoms with Gasteiger partial charge in [-0.3, -0.25) is 48.4 Å². The molecule has 16 heteroatoms. The highest BCUT2D eigenvalue weighted by molar-refractivity contribution is 5.78. The Labute approximate surface area is 329 Å². The van der Waals surface area contributed by atoms with Gasteiger partial charge in [-0.1, -0.05) is 72.3 Å². The molecule has 0 aromatic heterocycles. The SMILES string of the molecule is C/C=C\C(C)=CCc1ccccc1C.NCC(=O)NOCc1ccc(CNC(=O)CN2CCN(CC(=O)O)CCN(CC(=O)O)CCN(CC(=O)O)CC2)cc1. The number of hydrogen-bond donors (Lipinski definition) is 6. The van der Waals surface area contributed by atoms with Crippen molar-refractivity contribution in [2.45, 2.75) is 40.3 Å². The molecule has 0 saturated carbocycles. The van der Waals surface area contributed by atoms with Gasteiger partial charge in [-0.25, -0.2) is 5.48 Å². The predicted octanol–water partition coefficient (Wildman–Crippen LogP) is 1.34. The number of aliphatic carboxylic acids is 3. The van der Waals surface area contributed by atoms with Gasteiger partial charge in [0.15, 0.2) is 0 Å². The van der Waals surface area contributed by atoms with E-state index >= 15 is 0 Å². The van der Waals surface area contributed by atoms with Gasteiger partial charge in [-0.15, -0.1) is 0 Å². The summed E-state index contributed by atoms with van der Waals surface area (Å²) in [5.41, 5.74) is 13.2. The zero-order valence-corrected chi connectivity index (χ0v) is 32.8. The van der Waals surface area contributed by atoms with Crippen LogP contribution in [0.1, 0.15) is 36.1 Å². The molecule has 1 saturated heterocycles. The molecular formula is C40H59N7O9. The quantitative estimate of drug-likeness (QED) is 0.0987. The van der Waals surface area contributed by atoms with Crippen LogP contribution < -0.4 is 16.5 Å². The molecule has 1 aliphatic rings. The lowest BCUT2D eigenvalue weighted by Gasteiger charge is -2.32. The average molecular weight is 782 g/mol. The molecule has 1 heterocycles. The van der Waals surface area contributed by atoms with Crippen molar-refractivity contribution in [1.29, 1.82) is 0 Å². The standard InChI is InChI=1S/C26H41N7O9.C14H18/c27-13-22(34)29-42-19-21-3-1-20(2-4-21)14-28-23(35)15-30-5-7-31(16-24(36)37)9-11-33(18-26(40)41)12-10-32(8-6-30)17-25(38)39;1-4-7-12(2)10-11-14-9-6-5-8-13(14)3/h1-4H,5-19,27H2,(H,28,35)(H,29,34)(H,36,37)(H,38,39)(H,40,41);4-10H,11H2,1-3H3/b;7-4-,12-10?. The lowest BCUT2D eigenvalue weighted by atomic mass is 10.0. The first-order valence-corrected chi connectivity index (χ1v) is 18.6. The molecule has 2 aromatic rings. The van der Waals surface area contributed by atoms with Crippen molar-refractivity contribution >= 4 is 29.7 Å². The molecule has 0 spiro atoms. The molecule has 56 heavy (non-hydrogen) atoms. The zero-order valence-electron chi connectivity index (χ0n) is 32.8. The van der Waals surface area contributed by atoms with E-state index in [2.05, 4.69) is 67.1 Å². The van der Waals surface area contributed by atoms with Gasteiger partial charge in [0.25, 0.3) is 5.91 Å². The Hall–Kier alpha value is -4.97. The first-order valence-electron chi connectivity index (χ1n) is 18.6. The summed E-state index contributed by atoms with van der Waals surface area (Å²) in [5, 5.41) is 30.8. The summed E-state index contributed by atoms with van der Waals surface area (Å²) < 4.78 is 0. The number of carboxylic acid groups (broad SMARTS) is 3. The number of carbonyl (C=O) groups excluding carboxylic acids is 2. The van der Waals surface area contributed by atoms with Crippen LogP contribution in [0.4, 0.5) is 0 Å². The van der Waals surface area contributed by atoms with Gasteiger partial charge in [0.05, 0.1) is 39.3 Å². The van der Waals surface area contributed by atoms with Crippen LogP contribution in [0.25, 0.3) is 0 Å². The summed E-state index contributed by atoms with van der Waals surface area (Å²) in [5.74, 6) is -3.73. The number of rotatable bonds is 17.